The van der Waals surface area contributed by atoms with Gasteiger partial charge in [-0.05, 0) is 24.3 Å². The summed E-state index contributed by atoms with van der Waals surface area (Å²) in [5.74, 6) is -1.44. The second kappa shape index (κ2) is 4.20. The third-order valence-electron chi connectivity index (χ3n) is 2.92. The maximum absolute atomic E-state index is 13.8. The van der Waals surface area contributed by atoms with Gasteiger partial charge in [0.2, 0.25) is 0 Å². The van der Waals surface area contributed by atoms with E-state index in [1.165, 1.54) is 23.0 Å². The zero-order chi connectivity index (χ0) is 13.4. The zero-order valence-corrected chi connectivity index (χ0v) is 9.75. The summed E-state index contributed by atoms with van der Waals surface area (Å²) in [6.45, 7) is 0. The normalized spacial score (nSPS) is 10.8. The molecular weight excluding hydrogens is 247 g/mol. The highest BCUT2D eigenvalue weighted by atomic mass is 19.1. The van der Waals surface area contributed by atoms with Crippen molar-refractivity contribution in [1.29, 1.82) is 0 Å². The van der Waals surface area contributed by atoms with Crippen LogP contribution in [0, 0.1) is 5.82 Å². The molecule has 0 bridgehead atoms. The number of aromatic carboxylic acids is 1. The van der Waals surface area contributed by atoms with E-state index in [0.29, 0.717) is 16.7 Å². The first kappa shape index (κ1) is 11.4. The number of hydrogen-bond acceptors (Lipinski definition) is 2. The molecule has 4 nitrogen and oxygen atoms in total. The second-order valence-corrected chi connectivity index (χ2v) is 4.04. The van der Waals surface area contributed by atoms with E-state index in [2.05, 4.69) is 4.98 Å². The number of halogens is 1. The van der Waals surface area contributed by atoms with Crippen LogP contribution >= 0.6 is 0 Å². The van der Waals surface area contributed by atoms with Gasteiger partial charge in [-0.25, -0.2) is 14.2 Å². The highest BCUT2D eigenvalue weighted by Gasteiger charge is 2.14. The van der Waals surface area contributed by atoms with E-state index < -0.39 is 5.97 Å². The van der Waals surface area contributed by atoms with Crippen molar-refractivity contribution in [3.63, 3.8) is 0 Å². The van der Waals surface area contributed by atoms with E-state index in [1.54, 1.807) is 30.3 Å². The Hall–Kier alpha value is -2.69. The Morgan fingerprint density at radius 3 is 2.68 bits per heavy atom. The summed E-state index contributed by atoms with van der Waals surface area (Å²) in [7, 11) is 0. The summed E-state index contributed by atoms with van der Waals surface area (Å²) in [6, 6.07) is 11.1. The number of carbonyl (C=O) groups is 1. The smallest absolute Gasteiger partial charge is 0.337 e. The predicted octanol–water partition coefficient (Wildman–Crippen LogP) is 2.86. The van der Waals surface area contributed by atoms with Crippen molar-refractivity contribution in [3.05, 3.63) is 60.2 Å². The number of para-hydroxylation sites is 2. The van der Waals surface area contributed by atoms with Gasteiger partial charge in [-0.15, -0.1) is 0 Å². The van der Waals surface area contributed by atoms with Crippen LogP contribution in [-0.2, 0) is 0 Å². The number of benzene rings is 2. The van der Waals surface area contributed by atoms with Gasteiger partial charge in [0.1, 0.15) is 17.7 Å². The van der Waals surface area contributed by atoms with E-state index in [4.69, 9.17) is 5.11 Å². The van der Waals surface area contributed by atoms with Gasteiger partial charge in [-0.1, -0.05) is 18.2 Å². The fourth-order valence-electron chi connectivity index (χ4n) is 2.05. The molecule has 1 heterocycles. The molecule has 0 spiro atoms. The Labute approximate surface area is 107 Å². The molecule has 1 aromatic heterocycles. The minimum atomic E-state index is -1.05. The molecule has 3 aromatic rings. The van der Waals surface area contributed by atoms with Gasteiger partial charge in [-0.2, -0.15) is 0 Å². The number of fused-ring (bicyclic) bond motifs is 1. The summed E-state index contributed by atoms with van der Waals surface area (Å²) in [5, 5.41) is 9.09. The van der Waals surface area contributed by atoms with Crippen LogP contribution in [0.2, 0.25) is 0 Å². The van der Waals surface area contributed by atoms with Crippen molar-refractivity contribution >= 4 is 17.0 Å². The topological polar surface area (TPSA) is 55.1 Å². The first-order valence-corrected chi connectivity index (χ1v) is 5.63. The van der Waals surface area contributed by atoms with E-state index in [9.17, 15) is 9.18 Å². The number of carboxylic acids is 1. The molecule has 0 aliphatic rings. The first-order valence-electron chi connectivity index (χ1n) is 5.63. The van der Waals surface area contributed by atoms with Crippen molar-refractivity contribution < 1.29 is 14.3 Å². The maximum atomic E-state index is 13.8. The van der Waals surface area contributed by atoms with Crippen LogP contribution in [0.5, 0.6) is 0 Å². The average molecular weight is 256 g/mol. The number of aromatic nitrogens is 2. The number of hydrogen-bond donors (Lipinski definition) is 1. The van der Waals surface area contributed by atoms with Gasteiger partial charge in [0.05, 0.1) is 16.8 Å². The van der Waals surface area contributed by atoms with Gasteiger partial charge in [0, 0.05) is 0 Å². The van der Waals surface area contributed by atoms with Gasteiger partial charge >= 0.3 is 5.97 Å². The molecular formula is C14H9FN2O2. The van der Waals surface area contributed by atoms with Crippen molar-refractivity contribution in [3.8, 4) is 5.69 Å². The van der Waals surface area contributed by atoms with Crippen molar-refractivity contribution in [1.82, 2.24) is 9.55 Å². The SMILES string of the molecule is O=C(O)c1cccc2c1ncn2-c1ccccc1F. The fraction of sp³-hybridized carbons (Fsp3) is 0. The van der Waals surface area contributed by atoms with Crippen LogP contribution in [-0.4, -0.2) is 20.6 Å². The third-order valence-corrected chi connectivity index (χ3v) is 2.92. The zero-order valence-electron chi connectivity index (χ0n) is 9.75. The third kappa shape index (κ3) is 1.76. The molecule has 5 heteroatoms. The van der Waals surface area contributed by atoms with E-state index in [0.717, 1.165) is 0 Å². The van der Waals surface area contributed by atoms with Crippen LogP contribution < -0.4 is 0 Å². The summed E-state index contributed by atoms with van der Waals surface area (Å²) in [4.78, 5) is 15.2. The number of carboxylic acid groups (broad SMARTS) is 1. The van der Waals surface area contributed by atoms with Gasteiger partial charge in [-0.3, -0.25) is 4.57 Å². The molecule has 0 saturated heterocycles. The number of rotatable bonds is 2. The second-order valence-electron chi connectivity index (χ2n) is 4.04. The largest absolute Gasteiger partial charge is 0.478 e. The van der Waals surface area contributed by atoms with E-state index in [-0.39, 0.29) is 11.4 Å². The quantitative estimate of drug-likeness (QED) is 0.767. The van der Waals surface area contributed by atoms with Crippen molar-refractivity contribution in [2.45, 2.75) is 0 Å². The lowest BCUT2D eigenvalue weighted by Gasteiger charge is -2.05. The van der Waals surface area contributed by atoms with Crippen molar-refractivity contribution in [2.75, 3.05) is 0 Å². The summed E-state index contributed by atoms with van der Waals surface area (Å²) in [6.07, 6.45) is 1.43. The molecule has 0 fully saturated rings. The lowest BCUT2D eigenvalue weighted by Crippen LogP contribution is -1.98. The van der Waals surface area contributed by atoms with E-state index >= 15 is 0 Å². The monoisotopic (exact) mass is 256 g/mol. The van der Waals surface area contributed by atoms with Crippen molar-refractivity contribution in [2.24, 2.45) is 0 Å². The molecule has 19 heavy (non-hydrogen) atoms. The van der Waals surface area contributed by atoms with Crippen LogP contribution in [0.3, 0.4) is 0 Å². The summed E-state index contributed by atoms with van der Waals surface area (Å²) < 4.78 is 15.3. The molecule has 1 N–H and O–H groups in total. The maximum Gasteiger partial charge on any atom is 0.337 e. The number of imidazole rings is 1. The van der Waals surface area contributed by atoms with Crippen LogP contribution in [0.4, 0.5) is 4.39 Å². The Bertz CT molecular complexity index is 780. The van der Waals surface area contributed by atoms with Gasteiger partial charge in [0.25, 0.3) is 0 Å². The molecule has 0 atom stereocenters. The fourth-order valence-corrected chi connectivity index (χ4v) is 2.05. The Balaban J connectivity index is 2.31. The molecule has 2 aromatic carbocycles. The highest BCUT2D eigenvalue weighted by molar-refractivity contribution is 6.01. The molecule has 0 amide bonds. The molecule has 3 rings (SSSR count). The number of nitrogens with zero attached hydrogens (tertiary/aromatic N) is 2. The lowest BCUT2D eigenvalue weighted by molar-refractivity contribution is 0.0699. The van der Waals surface area contributed by atoms with Crippen LogP contribution in [0.15, 0.2) is 48.8 Å². The van der Waals surface area contributed by atoms with E-state index in [1.807, 2.05) is 0 Å². The highest BCUT2D eigenvalue weighted by Crippen LogP contribution is 2.22. The average Bonchev–Trinajstić information content (AvgIpc) is 2.82. The van der Waals surface area contributed by atoms with Gasteiger partial charge in [0.15, 0.2) is 0 Å². The Kier molecular flexibility index (Phi) is 2.52. The molecule has 0 unspecified atom stereocenters. The minimum Gasteiger partial charge on any atom is -0.478 e. The van der Waals surface area contributed by atoms with Gasteiger partial charge < -0.3 is 5.11 Å². The molecule has 94 valence electrons. The van der Waals surface area contributed by atoms with Crippen LogP contribution in [0.25, 0.3) is 16.7 Å². The molecule has 0 radical (unpaired) electrons. The molecule has 0 aliphatic carbocycles. The standard InChI is InChI=1S/C14H9FN2O2/c15-10-5-1-2-6-11(10)17-8-16-13-9(14(18)19)4-3-7-12(13)17/h1-8H,(H,18,19). The van der Waals surface area contributed by atoms with Crippen LogP contribution in [0.1, 0.15) is 10.4 Å². The summed E-state index contributed by atoms with van der Waals surface area (Å²) in [5.41, 5.74) is 1.35. The molecule has 0 saturated carbocycles. The Morgan fingerprint density at radius 1 is 1.16 bits per heavy atom. The first-order chi connectivity index (χ1) is 9.18. The molecule has 0 aliphatic heterocycles. The lowest BCUT2D eigenvalue weighted by atomic mass is 10.2. The Morgan fingerprint density at radius 2 is 1.95 bits per heavy atom. The minimum absolute atomic E-state index is 0.104. The predicted molar refractivity (Wildman–Crippen MR) is 68.0 cm³/mol. The summed E-state index contributed by atoms with van der Waals surface area (Å²) >= 11 is 0.